The molecule has 0 amide bonds. The van der Waals surface area contributed by atoms with Crippen molar-refractivity contribution < 1.29 is 13.7 Å². The largest absolute Gasteiger partial charge is 0.408 e. The molecule has 0 radical (unpaired) electrons. The highest BCUT2D eigenvalue weighted by Gasteiger charge is 2.29. The van der Waals surface area contributed by atoms with Gasteiger partial charge in [0.25, 0.3) is 0 Å². The fraction of sp³-hybridized carbons (Fsp3) is 0.667. The van der Waals surface area contributed by atoms with E-state index in [9.17, 15) is 0 Å². The molecule has 0 spiro atoms. The van der Waals surface area contributed by atoms with Crippen molar-refractivity contribution in [3.63, 3.8) is 0 Å². The zero-order valence-electron chi connectivity index (χ0n) is 11.7. The molecule has 1 atom stereocenters. The molecule has 1 saturated heterocycles. The lowest BCUT2D eigenvalue weighted by atomic mass is 10.2. The number of hydrogen-bond acceptors (Lipinski definition) is 8. The number of aromatic nitrogens is 4. The molecule has 2 aromatic heterocycles. The summed E-state index contributed by atoms with van der Waals surface area (Å²) in [6, 6.07) is 0.503. The van der Waals surface area contributed by atoms with Gasteiger partial charge in [0.15, 0.2) is 0 Å². The van der Waals surface area contributed by atoms with Crippen LogP contribution in [0.2, 0.25) is 0 Å². The van der Waals surface area contributed by atoms with Crippen LogP contribution in [0.15, 0.2) is 8.94 Å². The molecule has 0 bridgehead atoms. The smallest absolute Gasteiger partial charge is 0.318 e. The van der Waals surface area contributed by atoms with Gasteiger partial charge in [-0.05, 0) is 0 Å². The van der Waals surface area contributed by atoms with E-state index in [1.165, 1.54) is 0 Å². The zero-order chi connectivity index (χ0) is 14.1. The zero-order valence-corrected chi connectivity index (χ0v) is 11.7. The Hall–Kier alpha value is -1.96. The van der Waals surface area contributed by atoms with Crippen LogP contribution in [0.5, 0.6) is 0 Å². The fourth-order valence-corrected chi connectivity index (χ4v) is 2.01. The van der Waals surface area contributed by atoms with Crippen LogP contribution in [-0.2, 0) is 4.74 Å². The van der Waals surface area contributed by atoms with Crippen molar-refractivity contribution >= 4 is 6.01 Å². The predicted molar refractivity (Wildman–Crippen MR) is 68.3 cm³/mol. The minimum absolute atomic E-state index is 0.203. The first kappa shape index (κ1) is 13.0. The molecular formula is C12H17N5O3. The second kappa shape index (κ2) is 5.20. The summed E-state index contributed by atoms with van der Waals surface area (Å²) < 4.78 is 16.3. The van der Waals surface area contributed by atoms with E-state index in [2.05, 4.69) is 20.3 Å². The standard InChI is InChI=1S/C12H17N5O3/c1-7(2)11-13-10(16-20-11)9-6-17(4-5-18-9)12-15-14-8(3)19-12/h7,9H,4-6H2,1-3H3. The quantitative estimate of drug-likeness (QED) is 0.834. The van der Waals surface area contributed by atoms with E-state index in [0.717, 1.165) is 0 Å². The summed E-state index contributed by atoms with van der Waals surface area (Å²) >= 11 is 0. The Morgan fingerprint density at radius 3 is 2.80 bits per heavy atom. The van der Waals surface area contributed by atoms with Crippen molar-refractivity contribution in [2.24, 2.45) is 0 Å². The highest BCUT2D eigenvalue weighted by atomic mass is 16.5. The maximum Gasteiger partial charge on any atom is 0.318 e. The van der Waals surface area contributed by atoms with Crippen LogP contribution >= 0.6 is 0 Å². The molecule has 20 heavy (non-hydrogen) atoms. The average molecular weight is 279 g/mol. The lowest BCUT2D eigenvalue weighted by Gasteiger charge is -2.29. The lowest BCUT2D eigenvalue weighted by molar-refractivity contribution is 0.0309. The Bertz CT molecular complexity index is 579. The minimum Gasteiger partial charge on any atom is -0.408 e. The van der Waals surface area contributed by atoms with Gasteiger partial charge in [-0.15, -0.1) is 5.10 Å². The number of aryl methyl sites for hydroxylation is 1. The molecule has 1 aliphatic rings. The Labute approximate surface area is 116 Å². The summed E-state index contributed by atoms with van der Waals surface area (Å²) in [6.07, 6.45) is -0.243. The van der Waals surface area contributed by atoms with Crippen molar-refractivity contribution in [3.05, 3.63) is 17.6 Å². The van der Waals surface area contributed by atoms with E-state index >= 15 is 0 Å². The van der Waals surface area contributed by atoms with Crippen molar-refractivity contribution in [1.29, 1.82) is 0 Å². The van der Waals surface area contributed by atoms with Crippen LogP contribution in [0.3, 0.4) is 0 Å². The Morgan fingerprint density at radius 1 is 1.30 bits per heavy atom. The second-order valence-electron chi connectivity index (χ2n) is 5.05. The van der Waals surface area contributed by atoms with Gasteiger partial charge in [-0.2, -0.15) is 4.98 Å². The molecular weight excluding hydrogens is 262 g/mol. The van der Waals surface area contributed by atoms with Crippen LogP contribution < -0.4 is 4.90 Å². The molecule has 3 heterocycles. The third kappa shape index (κ3) is 2.51. The van der Waals surface area contributed by atoms with E-state index in [-0.39, 0.29) is 12.0 Å². The molecule has 0 saturated carbocycles. The van der Waals surface area contributed by atoms with Gasteiger partial charge >= 0.3 is 6.01 Å². The molecule has 2 aromatic rings. The molecule has 0 aliphatic carbocycles. The molecule has 3 rings (SSSR count). The van der Waals surface area contributed by atoms with Crippen molar-refractivity contribution in [3.8, 4) is 0 Å². The van der Waals surface area contributed by atoms with Gasteiger partial charge in [0.2, 0.25) is 17.6 Å². The number of nitrogens with zero attached hydrogens (tertiary/aromatic N) is 5. The normalized spacial score (nSPS) is 19.8. The fourth-order valence-electron chi connectivity index (χ4n) is 2.01. The van der Waals surface area contributed by atoms with Crippen LogP contribution in [0.1, 0.15) is 43.5 Å². The topological polar surface area (TPSA) is 90.3 Å². The van der Waals surface area contributed by atoms with Crippen molar-refractivity contribution in [1.82, 2.24) is 20.3 Å². The summed E-state index contributed by atoms with van der Waals surface area (Å²) in [4.78, 5) is 6.34. The van der Waals surface area contributed by atoms with E-state index in [1.54, 1.807) is 6.92 Å². The number of rotatable bonds is 3. The Kier molecular flexibility index (Phi) is 3.39. The number of anilines is 1. The summed E-state index contributed by atoms with van der Waals surface area (Å²) in [5, 5.41) is 11.8. The highest BCUT2D eigenvalue weighted by Crippen LogP contribution is 2.24. The first-order valence-corrected chi connectivity index (χ1v) is 6.63. The molecule has 1 fully saturated rings. The minimum atomic E-state index is -0.243. The van der Waals surface area contributed by atoms with Gasteiger partial charge in [0, 0.05) is 19.4 Å². The van der Waals surface area contributed by atoms with Crippen molar-refractivity contribution in [2.75, 3.05) is 24.6 Å². The third-order valence-electron chi connectivity index (χ3n) is 3.09. The molecule has 1 aliphatic heterocycles. The average Bonchev–Trinajstić information content (AvgIpc) is 3.07. The number of morpholine rings is 1. The van der Waals surface area contributed by atoms with Crippen LogP contribution in [0.4, 0.5) is 6.01 Å². The van der Waals surface area contributed by atoms with Gasteiger partial charge in [-0.3, -0.25) is 0 Å². The summed E-state index contributed by atoms with van der Waals surface area (Å²) in [7, 11) is 0. The molecule has 8 nitrogen and oxygen atoms in total. The highest BCUT2D eigenvalue weighted by molar-refractivity contribution is 5.25. The number of hydrogen-bond donors (Lipinski definition) is 0. The third-order valence-corrected chi connectivity index (χ3v) is 3.09. The number of ether oxygens (including phenoxy) is 1. The maximum absolute atomic E-state index is 5.70. The molecule has 8 heteroatoms. The van der Waals surface area contributed by atoms with Crippen LogP contribution in [0, 0.1) is 6.92 Å². The Balaban J connectivity index is 1.74. The van der Waals surface area contributed by atoms with E-state index in [1.807, 2.05) is 18.7 Å². The van der Waals surface area contributed by atoms with E-state index < -0.39 is 0 Å². The van der Waals surface area contributed by atoms with Gasteiger partial charge in [-0.1, -0.05) is 24.1 Å². The van der Waals surface area contributed by atoms with Crippen LogP contribution in [0.25, 0.3) is 0 Å². The van der Waals surface area contributed by atoms with Crippen molar-refractivity contribution in [2.45, 2.75) is 32.8 Å². The first-order valence-electron chi connectivity index (χ1n) is 6.63. The van der Waals surface area contributed by atoms with E-state index in [4.69, 9.17) is 13.7 Å². The Morgan fingerprint density at radius 2 is 2.15 bits per heavy atom. The van der Waals surface area contributed by atoms with Gasteiger partial charge in [-0.25, -0.2) is 0 Å². The summed E-state index contributed by atoms with van der Waals surface area (Å²) in [6.45, 7) is 7.60. The molecule has 0 N–H and O–H groups in total. The molecule has 1 unspecified atom stereocenters. The summed E-state index contributed by atoms with van der Waals surface area (Å²) in [5.74, 6) is 1.93. The van der Waals surface area contributed by atoms with Gasteiger partial charge in [0.05, 0.1) is 13.2 Å². The van der Waals surface area contributed by atoms with Crippen LogP contribution in [-0.4, -0.2) is 40.0 Å². The molecule has 108 valence electrons. The maximum atomic E-state index is 5.70. The predicted octanol–water partition coefficient (Wildman–Crippen LogP) is 1.46. The van der Waals surface area contributed by atoms with Gasteiger partial charge < -0.3 is 18.6 Å². The lowest BCUT2D eigenvalue weighted by Crippen LogP contribution is -2.39. The molecule has 0 aromatic carbocycles. The first-order chi connectivity index (χ1) is 9.63. The summed E-state index contributed by atoms with van der Waals surface area (Å²) in [5.41, 5.74) is 0. The van der Waals surface area contributed by atoms with Gasteiger partial charge in [0.1, 0.15) is 6.10 Å². The van der Waals surface area contributed by atoms with E-state index in [0.29, 0.717) is 43.3 Å². The SMILES string of the molecule is Cc1nnc(N2CCOC(c3noc(C(C)C)n3)C2)o1. The second-order valence-corrected chi connectivity index (χ2v) is 5.05. The monoisotopic (exact) mass is 279 g/mol.